The van der Waals surface area contributed by atoms with E-state index in [-0.39, 0.29) is 0 Å². The van der Waals surface area contributed by atoms with Gasteiger partial charge in [-0.25, -0.2) is 0 Å². The van der Waals surface area contributed by atoms with E-state index in [0.29, 0.717) is 0 Å². The second-order valence-corrected chi connectivity index (χ2v) is 3.65. The molecule has 13 heavy (non-hydrogen) atoms. The molecular formula is C13H18. The summed E-state index contributed by atoms with van der Waals surface area (Å²) in [6, 6.07) is 8.59. The molecule has 0 fully saturated rings. The number of rotatable bonds is 2. The predicted molar refractivity (Wildman–Crippen MR) is 59.7 cm³/mol. The van der Waals surface area contributed by atoms with Crippen LogP contribution in [0, 0.1) is 6.92 Å². The van der Waals surface area contributed by atoms with E-state index in [1.54, 1.807) is 0 Å². The highest BCUT2D eigenvalue weighted by Crippen LogP contribution is 2.24. The van der Waals surface area contributed by atoms with Gasteiger partial charge in [0, 0.05) is 0 Å². The van der Waals surface area contributed by atoms with Crippen LogP contribution in [-0.2, 0) is 0 Å². The monoisotopic (exact) mass is 174 g/mol. The van der Waals surface area contributed by atoms with Crippen molar-refractivity contribution < 1.29 is 0 Å². The van der Waals surface area contributed by atoms with Crippen LogP contribution in [0.2, 0.25) is 0 Å². The summed E-state index contributed by atoms with van der Waals surface area (Å²) in [5.74, 6) is 0. The normalized spacial score (nSPS) is 9.85. The Labute approximate surface area is 81.3 Å². The summed E-state index contributed by atoms with van der Waals surface area (Å²) < 4.78 is 0. The van der Waals surface area contributed by atoms with Crippen molar-refractivity contribution in [2.75, 3.05) is 0 Å². The standard InChI is InChI=1S/C13H18/c1-5-12(10(2)3)13-9-7-6-8-11(13)4/h6-9H,5H2,1-4H3. The van der Waals surface area contributed by atoms with Crippen molar-refractivity contribution in [1.29, 1.82) is 0 Å². The lowest BCUT2D eigenvalue weighted by Gasteiger charge is -2.10. The molecule has 1 aromatic carbocycles. The Kier molecular flexibility index (Phi) is 3.30. The van der Waals surface area contributed by atoms with Crippen LogP contribution in [-0.4, -0.2) is 0 Å². The first-order chi connectivity index (χ1) is 6.16. The Balaban J connectivity index is 3.21. The molecule has 0 aliphatic rings. The average Bonchev–Trinajstić information content (AvgIpc) is 2.09. The van der Waals surface area contributed by atoms with Crippen LogP contribution in [0.1, 0.15) is 38.3 Å². The minimum Gasteiger partial charge on any atom is -0.0726 e. The van der Waals surface area contributed by atoms with Gasteiger partial charge in [0.25, 0.3) is 0 Å². The van der Waals surface area contributed by atoms with E-state index in [9.17, 15) is 0 Å². The zero-order chi connectivity index (χ0) is 9.84. The molecule has 1 rings (SSSR count). The van der Waals surface area contributed by atoms with Crippen molar-refractivity contribution in [2.45, 2.75) is 34.1 Å². The summed E-state index contributed by atoms with van der Waals surface area (Å²) in [5.41, 5.74) is 5.69. The second-order valence-electron chi connectivity index (χ2n) is 3.65. The van der Waals surface area contributed by atoms with Crippen LogP contribution in [0.4, 0.5) is 0 Å². The Morgan fingerprint density at radius 1 is 1.15 bits per heavy atom. The fraction of sp³-hybridized carbons (Fsp3) is 0.385. The summed E-state index contributed by atoms with van der Waals surface area (Å²) in [6.45, 7) is 8.76. The molecule has 0 radical (unpaired) electrons. The first-order valence-electron chi connectivity index (χ1n) is 4.89. The maximum absolute atomic E-state index is 2.22. The highest BCUT2D eigenvalue weighted by molar-refractivity contribution is 5.70. The minimum absolute atomic E-state index is 1.12. The van der Waals surface area contributed by atoms with Gasteiger partial charge in [-0.1, -0.05) is 36.8 Å². The number of aryl methyl sites for hydroxylation is 1. The Hall–Kier alpha value is -1.04. The zero-order valence-corrected chi connectivity index (χ0v) is 9.02. The highest BCUT2D eigenvalue weighted by Gasteiger charge is 2.02. The molecule has 0 aliphatic heterocycles. The molecule has 0 heteroatoms. The van der Waals surface area contributed by atoms with Crippen molar-refractivity contribution in [3.05, 3.63) is 41.0 Å². The van der Waals surface area contributed by atoms with Crippen molar-refractivity contribution in [3.63, 3.8) is 0 Å². The molecule has 0 aromatic heterocycles. The molecule has 0 heterocycles. The van der Waals surface area contributed by atoms with Gasteiger partial charge in [-0.15, -0.1) is 0 Å². The van der Waals surface area contributed by atoms with E-state index < -0.39 is 0 Å². The zero-order valence-electron chi connectivity index (χ0n) is 9.02. The summed E-state index contributed by atoms with van der Waals surface area (Å²) in [6.07, 6.45) is 1.12. The van der Waals surface area contributed by atoms with E-state index in [1.807, 2.05) is 0 Å². The Morgan fingerprint density at radius 2 is 1.77 bits per heavy atom. The summed E-state index contributed by atoms with van der Waals surface area (Å²) in [5, 5.41) is 0. The van der Waals surface area contributed by atoms with E-state index in [4.69, 9.17) is 0 Å². The van der Waals surface area contributed by atoms with Gasteiger partial charge >= 0.3 is 0 Å². The molecule has 0 atom stereocenters. The largest absolute Gasteiger partial charge is 0.0726 e. The molecule has 0 bridgehead atoms. The molecule has 0 nitrogen and oxygen atoms in total. The van der Waals surface area contributed by atoms with Crippen LogP contribution in [0.3, 0.4) is 0 Å². The molecule has 0 amide bonds. The minimum atomic E-state index is 1.12. The van der Waals surface area contributed by atoms with Crippen molar-refractivity contribution in [2.24, 2.45) is 0 Å². The van der Waals surface area contributed by atoms with Gasteiger partial charge in [0.2, 0.25) is 0 Å². The van der Waals surface area contributed by atoms with Gasteiger partial charge in [0.1, 0.15) is 0 Å². The van der Waals surface area contributed by atoms with Gasteiger partial charge in [-0.3, -0.25) is 0 Å². The molecule has 70 valence electrons. The molecule has 0 N–H and O–H groups in total. The number of benzene rings is 1. The third-order valence-electron chi connectivity index (χ3n) is 2.43. The lowest BCUT2D eigenvalue weighted by molar-refractivity contribution is 1.18. The molecule has 0 saturated heterocycles. The second kappa shape index (κ2) is 4.27. The molecule has 0 spiro atoms. The number of hydrogen-bond acceptors (Lipinski definition) is 0. The molecule has 0 aliphatic carbocycles. The van der Waals surface area contributed by atoms with E-state index in [0.717, 1.165) is 6.42 Å². The quantitative estimate of drug-likeness (QED) is 0.630. The Bertz CT molecular complexity index is 315. The number of hydrogen-bond donors (Lipinski definition) is 0. The Morgan fingerprint density at radius 3 is 2.23 bits per heavy atom. The smallest absolute Gasteiger partial charge is 0.0196 e. The first-order valence-corrected chi connectivity index (χ1v) is 4.89. The van der Waals surface area contributed by atoms with Gasteiger partial charge in [-0.05, 0) is 43.9 Å². The van der Waals surface area contributed by atoms with Gasteiger partial charge in [0.15, 0.2) is 0 Å². The van der Waals surface area contributed by atoms with Crippen LogP contribution in [0.15, 0.2) is 29.8 Å². The van der Waals surface area contributed by atoms with Gasteiger partial charge in [-0.2, -0.15) is 0 Å². The predicted octanol–water partition coefficient (Wildman–Crippen LogP) is 4.20. The first kappa shape index (κ1) is 10.0. The van der Waals surface area contributed by atoms with Crippen molar-refractivity contribution in [3.8, 4) is 0 Å². The molecule has 0 saturated carbocycles. The summed E-state index contributed by atoms with van der Waals surface area (Å²) >= 11 is 0. The summed E-state index contributed by atoms with van der Waals surface area (Å²) in [4.78, 5) is 0. The van der Waals surface area contributed by atoms with Crippen molar-refractivity contribution in [1.82, 2.24) is 0 Å². The highest BCUT2D eigenvalue weighted by atomic mass is 14.1. The number of allylic oxidation sites excluding steroid dienone is 2. The maximum atomic E-state index is 2.22. The van der Waals surface area contributed by atoms with E-state index in [2.05, 4.69) is 52.0 Å². The van der Waals surface area contributed by atoms with Crippen LogP contribution in [0.25, 0.3) is 5.57 Å². The molecule has 0 unspecified atom stereocenters. The van der Waals surface area contributed by atoms with E-state index >= 15 is 0 Å². The fourth-order valence-corrected chi connectivity index (χ4v) is 1.72. The van der Waals surface area contributed by atoms with Crippen LogP contribution >= 0.6 is 0 Å². The van der Waals surface area contributed by atoms with E-state index in [1.165, 1.54) is 22.3 Å². The topological polar surface area (TPSA) is 0 Å². The lowest BCUT2D eigenvalue weighted by atomic mass is 9.95. The average molecular weight is 174 g/mol. The maximum Gasteiger partial charge on any atom is -0.0196 e. The van der Waals surface area contributed by atoms with Crippen LogP contribution in [0.5, 0.6) is 0 Å². The van der Waals surface area contributed by atoms with Gasteiger partial charge in [0.05, 0.1) is 0 Å². The van der Waals surface area contributed by atoms with Crippen molar-refractivity contribution >= 4 is 5.57 Å². The fourth-order valence-electron chi connectivity index (χ4n) is 1.72. The third-order valence-corrected chi connectivity index (χ3v) is 2.43. The molecule has 1 aromatic rings. The lowest BCUT2D eigenvalue weighted by Crippen LogP contribution is -1.89. The third kappa shape index (κ3) is 2.21. The van der Waals surface area contributed by atoms with Crippen LogP contribution < -0.4 is 0 Å². The summed E-state index contributed by atoms with van der Waals surface area (Å²) in [7, 11) is 0. The molecular weight excluding hydrogens is 156 g/mol. The van der Waals surface area contributed by atoms with Gasteiger partial charge < -0.3 is 0 Å². The SMILES string of the molecule is CCC(=C(C)C)c1ccccc1C.